The Kier molecular flexibility index (Phi) is 6.36. The fourth-order valence-corrected chi connectivity index (χ4v) is 8.30. The molecule has 4 atom stereocenters. The van der Waals surface area contributed by atoms with E-state index in [0.717, 1.165) is 12.8 Å². The second kappa shape index (κ2) is 7.86. The molecule has 0 fully saturated rings. The summed E-state index contributed by atoms with van der Waals surface area (Å²) in [6, 6.07) is 0. The van der Waals surface area contributed by atoms with Gasteiger partial charge in [0, 0.05) is 10.8 Å². The summed E-state index contributed by atoms with van der Waals surface area (Å²) in [6.45, 7) is 9.20. The predicted molar refractivity (Wildman–Crippen MR) is 118 cm³/mol. The maximum atomic E-state index is 6.89. The van der Waals surface area contributed by atoms with E-state index in [2.05, 4.69) is 39.8 Å². The molecular weight excluding hydrogens is 387 g/mol. The van der Waals surface area contributed by atoms with E-state index < -0.39 is 0 Å². The average molecular weight is 418 g/mol. The monoisotopic (exact) mass is 416 g/mol. The molecule has 2 aliphatic heterocycles. The van der Waals surface area contributed by atoms with Crippen LogP contribution in [-0.4, -0.2) is 9.42 Å². The standard InChI is InChI=1S/C21H30Cl2S2/c1-5-8-14-12-20(3,18(22)24-14)16-10-7-11-17(16)21(4)13-15(9-6-2)25-19(21)23/h12-13,18-19H,5-11H2,1-4H3. The molecule has 3 aliphatic rings. The summed E-state index contributed by atoms with van der Waals surface area (Å²) in [4.78, 5) is 2.94. The smallest absolute Gasteiger partial charge is 0.0957 e. The summed E-state index contributed by atoms with van der Waals surface area (Å²) < 4.78 is 0.227. The van der Waals surface area contributed by atoms with Gasteiger partial charge in [-0.05, 0) is 41.9 Å². The molecule has 0 spiro atoms. The van der Waals surface area contributed by atoms with Crippen LogP contribution in [0.2, 0.25) is 0 Å². The lowest BCUT2D eigenvalue weighted by Gasteiger charge is -2.35. The van der Waals surface area contributed by atoms with E-state index in [1.807, 2.05) is 23.5 Å². The molecule has 1 aliphatic carbocycles. The van der Waals surface area contributed by atoms with Gasteiger partial charge in [-0.15, -0.1) is 46.7 Å². The largest absolute Gasteiger partial charge is 0.110 e. The van der Waals surface area contributed by atoms with Crippen LogP contribution in [0, 0.1) is 10.8 Å². The second-order valence-corrected chi connectivity index (χ2v) is 11.8. The van der Waals surface area contributed by atoms with Crippen molar-refractivity contribution >= 4 is 46.7 Å². The third-order valence-corrected chi connectivity index (χ3v) is 9.97. The molecule has 0 radical (unpaired) electrons. The van der Waals surface area contributed by atoms with Gasteiger partial charge in [-0.2, -0.15) is 0 Å². The molecule has 3 rings (SSSR count). The van der Waals surface area contributed by atoms with Crippen molar-refractivity contribution in [2.45, 2.75) is 82.1 Å². The molecule has 4 unspecified atom stereocenters. The van der Waals surface area contributed by atoms with Gasteiger partial charge in [0.25, 0.3) is 0 Å². The second-order valence-electron chi connectivity index (χ2n) is 7.97. The molecule has 0 nitrogen and oxygen atoms in total. The van der Waals surface area contributed by atoms with Crippen LogP contribution < -0.4 is 0 Å². The third kappa shape index (κ3) is 3.62. The van der Waals surface area contributed by atoms with E-state index in [0.29, 0.717) is 0 Å². The molecule has 0 saturated heterocycles. The molecule has 0 bridgehead atoms. The van der Waals surface area contributed by atoms with Gasteiger partial charge >= 0.3 is 0 Å². The Hall–Kier alpha value is 0.500. The minimum absolute atomic E-state index is 0.0196. The molecule has 4 heteroatoms. The topological polar surface area (TPSA) is 0 Å². The number of hydrogen-bond acceptors (Lipinski definition) is 2. The zero-order valence-corrected chi connectivity index (χ0v) is 19.0. The van der Waals surface area contributed by atoms with E-state index in [1.165, 1.54) is 41.9 Å². The lowest BCUT2D eigenvalue weighted by atomic mass is 9.74. The predicted octanol–water partition coefficient (Wildman–Crippen LogP) is 8.47. The lowest BCUT2D eigenvalue weighted by molar-refractivity contribution is 0.506. The molecule has 0 saturated carbocycles. The Bertz CT molecular complexity index is 569. The Morgan fingerprint density at radius 3 is 1.64 bits per heavy atom. The minimum Gasteiger partial charge on any atom is -0.110 e. The van der Waals surface area contributed by atoms with Gasteiger partial charge < -0.3 is 0 Å². The Morgan fingerprint density at radius 2 is 1.28 bits per heavy atom. The first-order chi connectivity index (χ1) is 11.8. The summed E-state index contributed by atoms with van der Waals surface area (Å²) in [7, 11) is 0. The van der Waals surface area contributed by atoms with E-state index in [9.17, 15) is 0 Å². The fraction of sp³-hybridized carbons (Fsp3) is 0.714. The minimum atomic E-state index is -0.0196. The van der Waals surface area contributed by atoms with Gasteiger partial charge in [-0.1, -0.05) is 63.8 Å². The first-order valence-corrected chi connectivity index (χ1v) is 12.3. The van der Waals surface area contributed by atoms with Crippen molar-refractivity contribution in [1.82, 2.24) is 0 Å². The highest BCUT2D eigenvalue weighted by Gasteiger charge is 2.48. The molecular formula is C21H30Cl2S2. The Balaban J connectivity index is 2.00. The van der Waals surface area contributed by atoms with Gasteiger partial charge in [0.2, 0.25) is 0 Å². The van der Waals surface area contributed by atoms with Crippen LogP contribution >= 0.6 is 46.7 Å². The van der Waals surface area contributed by atoms with Crippen molar-refractivity contribution in [2.75, 3.05) is 0 Å². The zero-order chi connectivity index (χ0) is 18.2. The number of rotatable bonds is 6. The van der Waals surface area contributed by atoms with E-state index >= 15 is 0 Å². The first-order valence-electron chi connectivity index (χ1n) is 9.63. The summed E-state index contributed by atoms with van der Waals surface area (Å²) >= 11 is 17.5. The highest BCUT2D eigenvalue weighted by molar-refractivity contribution is 8.05. The van der Waals surface area contributed by atoms with Crippen molar-refractivity contribution < 1.29 is 0 Å². The maximum Gasteiger partial charge on any atom is 0.0957 e. The normalized spacial score (nSPS) is 38.5. The summed E-state index contributed by atoms with van der Waals surface area (Å²) in [6.07, 6.45) is 13.2. The molecule has 140 valence electrons. The summed E-state index contributed by atoms with van der Waals surface area (Å²) in [5.41, 5.74) is 3.12. The van der Waals surface area contributed by atoms with Gasteiger partial charge in [0.05, 0.1) is 9.42 Å². The van der Waals surface area contributed by atoms with Crippen LogP contribution in [0.25, 0.3) is 0 Å². The highest BCUT2D eigenvalue weighted by atomic mass is 35.5. The maximum absolute atomic E-state index is 6.89. The van der Waals surface area contributed by atoms with Crippen LogP contribution in [0.4, 0.5) is 0 Å². The highest BCUT2D eigenvalue weighted by Crippen LogP contribution is 2.61. The van der Waals surface area contributed by atoms with Crippen LogP contribution in [-0.2, 0) is 0 Å². The summed E-state index contributed by atoms with van der Waals surface area (Å²) in [5.74, 6) is 0. The average Bonchev–Trinajstić information content (AvgIpc) is 3.21. The number of alkyl halides is 2. The van der Waals surface area contributed by atoms with Crippen molar-refractivity contribution in [3.8, 4) is 0 Å². The van der Waals surface area contributed by atoms with Gasteiger partial charge in [0.15, 0.2) is 0 Å². The van der Waals surface area contributed by atoms with E-state index in [4.69, 9.17) is 23.2 Å². The number of hydrogen-bond donors (Lipinski definition) is 0. The molecule has 0 amide bonds. The molecule has 0 N–H and O–H groups in total. The van der Waals surface area contributed by atoms with Gasteiger partial charge in [0.1, 0.15) is 0 Å². The van der Waals surface area contributed by atoms with Crippen LogP contribution in [0.15, 0.2) is 33.1 Å². The first kappa shape index (κ1) is 20.2. The SMILES string of the molecule is CCCC1=CC(C)(C2=C(C3(C)C=C(CCC)SC3Cl)CCC2)C(Cl)S1. The Morgan fingerprint density at radius 1 is 0.880 bits per heavy atom. The van der Waals surface area contributed by atoms with E-state index in [1.54, 1.807) is 11.1 Å². The van der Waals surface area contributed by atoms with E-state index in [-0.39, 0.29) is 20.2 Å². The number of allylic oxidation sites excluding steroid dienone is 6. The number of halogens is 2. The van der Waals surface area contributed by atoms with Gasteiger partial charge in [-0.25, -0.2) is 0 Å². The fourth-order valence-electron chi connectivity index (χ4n) is 4.51. The zero-order valence-electron chi connectivity index (χ0n) is 15.8. The molecule has 2 heterocycles. The van der Waals surface area contributed by atoms with Crippen LogP contribution in [0.1, 0.15) is 72.6 Å². The molecule has 0 aromatic heterocycles. The Labute approximate surface area is 172 Å². The van der Waals surface area contributed by atoms with Crippen LogP contribution in [0.3, 0.4) is 0 Å². The van der Waals surface area contributed by atoms with Crippen molar-refractivity contribution in [3.63, 3.8) is 0 Å². The third-order valence-electron chi connectivity index (χ3n) is 5.89. The van der Waals surface area contributed by atoms with Crippen molar-refractivity contribution in [1.29, 1.82) is 0 Å². The van der Waals surface area contributed by atoms with Crippen LogP contribution in [0.5, 0.6) is 0 Å². The molecule has 25 heavy (non-hydrogen) atoms. The van der Waals surface area contributed by atoms with Gasteiger partial charge in [-0.3, -0.25) is 0 Å². The van der Waals surface area contributed by atoms with Crippen molar-refractivity contribution in [3.05, 3.63) is 33.1 Å². The lowest BCUT2D eigenvalue weighted by Crippen LogP contribution is -2.29. The molecule has 0 aromatic carbocycles. The number of thioether (sulfide) groups is 2. The quantitative estimate of drug-likeness (QED) is 0.314. The summed E-state index contributed by atoms with van der Waals surface area (Å²) in [5, 5.41) is 0. The molecule has 0 aromatic rings. The van der Waals surface area contributed by atoms with Crippen molar-refractivity contribution in [2.24, 2.45) is 10.8 Å².